The molecule has 1 heterocycles. The summed E-state index contributed by atoms with van der Waals surface area (Å²) in [5, 5.41) is 3.27. The number of aryl methyl sites for hydroxylation is 1. The first-order valence-corrected chi connectivity index (χ1v) is 6.05. The fraction of sp³-hybridized carbons (Fsp3) is 0.429. The van der Waals surface area contributed by atoms with E-state index in [1.165, 1.54) is 5.57 Å². The van der Waals surface area contributed by atoms with Gasteiger partial charge in [0.15, 0.2) is 0 Å². The molecule has 3 N–H and O–H groups in total. The molecule has 0 aromatic heterocycles. The average molecular weight is 232 g/mol. The van der Waals surface area contributed by atoms with Gasteiger partial charge in [-0.25, -0.2) is 0 Å². The maximum atomic E-state index is 6.02. The highest BCUT2D eigenvalue weighted by atomic mass is 16.5. The van der Waals surface area contributed by atoms with Crippen molar-refractivity contribution in [2.75, 3.05) is 13.7 Å². The zero-order valence-electron chi connectivity index (χ0n) is 10.5. The Balaban J connectivity index is 2.25. The second kappa shape index (κ2) is 5.34. The summed E-state index contributed by atoms with van der Waals surface area (Å²) < 4.78 is 5.33. The third-order valence-electron chi connectivity index (χ3n) is 3.19. The van der Waals surface area contributed by atoms with Crippen LogP contribution in [0.3, 0.4) is 0 Å². The maximum Gasteiger partial charge on any atom is 0.122 e. The van der Waals surface area contributed by atoms with Crippen LogP contribution in [0.4, 0.5) is 0 Å². The summed E-state index contributed by atoms with van der Waals surface area (Å²) in [5.74, 6) is 0.927. The van der Waals surface area contributed by atoms with Crippen molar-refractivity contribution in [2.24, 2.45) is 5.73 Å². The van der Waals surface area contributed by atoms with Crippen molar-refractivity contribution in [2.45, 2.75) is 25.9 Å². The Hall–Kier alpha value is -1.32. The molecule has 0 amide bonds. The molecule has 3 heteroatoms. The Kier molecular flexibility index (Phi) is 3.82. The Labute approximate surface area is 103 Å². The molecular weight excluding hydrogens is 212 g/mol. The number of methoxy groups -OCH3 is 1. The highest BCUT2D eigenvalue weighted by molar-refractivity contribution is 5.57. The molecule has 0 radical (unpaired) electrons. The quantitative estimate of drug-likeness (QED) is 0.820. The first-order chi connectivity index (χ1) is 8.20. The van der Waals surface area contributed by atoms with Gasteiger partial charge in [-0.05, 0) is 49.1 Å². The van der Waals surface area contributed by atoms with Crippen LogP contribution in [0.25, 0.3) is 6.08 Å². The number of nitrogens with two attached hydrogens (primary N) is 1. The van der Waals surface area contributed by atoms with E-state index in [9.17, 15) is 0 Å². The summed E-state index contributed by atoms with van der Waals surface area (Å²) in [6.45, 7) is 3.05. The predicted molar refractivity (Wildman–Crippen MR) is 70.9 cm³/mol. The van der Waals surface area contributed by atoms with Crippen molar-refractivity contribution in [3.63, 3.8) is 0 Å². The monoisotopic (exact) mass is 232 g/mol. The van der Waals surface area contributed by atoms with E-state index < -0.39 is 0 Å². The average Bonchev–Trinajstić information content (AvgIpc) is 2.34. The fourth-order valence-electron chi connectivity index (χ4n) is 2.14. The highest BCUT2D eigenvalue weighted by Gasteiger charge is 2.13. The van der Waals surface area contributed by atoms with Crippen LogP contribution in [0.5, 0.6) is 5.75 Å². The van der Waals surface area contributed by atoms with Crippen LogP contribution in [0.1, 0.15) is 24.0 Å². The van der Waals surface area contributed by atoms with Gasteiger partial charge in [0.2, 0.25) is 0 Å². The van der Waals surface area contributed by atoms with E-state index in [0.717, 1.165) is 36.3 Å². The molecule has 0 bridgehead atoms. The lowest BCUT2D eigenvalue weighted by Gasteiger charge is -2.23. The standard InChI is InChI=1S/C14H20N2O/c1-10-5-6-11(9-13(10)17-2)8-12-4-3-7-16-14(12)15/h5-6,8-9,14,16H,3-4,7,15H2,1-2H3/b12-8+. The molecule has 1 aromatic rings. The van der Waals surface area contributed by atoms with E-state index in [-0.39, 0.29) is 6.17 Å². The Morgan fingerprint density at radius 2 is 2.29 bits per heavy atom. The zero-order valence-corrected chi connectivity index (χ0v) is 10.5. The number of benzene rings is 1. The van der Waals surface area contributed by atoms with E-state index in [4.69, 9.17) is 10.5 Å². The molecular formula is C14H20N2O. The number of hydrogen-bond acceptors (Lipinski definition) is 3. The van der Waals surface area contributed by atoms with Gasteiger partial charge in [0, 0.05) is 0 Å². The molecule has 92 valence electrons. The zero-order chi connectivity index (χ0) is 12.3. The largest absolute Gasteiger partial charge is 0.496 e. The molecule has 17 heavy (non-hydrogen) atoms. The minimum absolute atomic E-state index is 0.00366. The van der Waals surface area contributed by atoms with Gasteiger partial charge in [-0.1, -0.05) is 18.2 Å². The summed E-state index contributed by atoms with van der Waals surface area (Å²) in [6, 6.07) is 6.24. The lowest BCUT2D eigenvalue weighted by Crippen LogP contribution is -2.42. The van der Waals surface area contributed by atoms with Gasteiger partial charge in [-0.2, -0.15) is 0 Å². The second-order valence-electron chi connectivity index (χ2n) is 4.48. The summed E-state index contributed by atoms with van der Waals surface area (Å²) in [7, 11) is 1.70. The lowest BCUT2D eigenvalue weighted by atomic mass is 10.00. The lowest BCUT2D eigenvalue weighted by molar-refractivity contribution is 0.411. The van der Waals surface area contributed by atoms with Gasteiger partial charge in [-0.15, -0.1) is 0 Å². The molecule has 1 saturated heterocycles. The number of nitrogens with one attached hydrogen (secondary N) is 1. The van der Waals surface area contributed by atoms with Crippen LogP contribution in [-0.2, 0) is 0 Å². The van der Waals surface area contributed by atoms with Gasteiger partial charge in [0.1, 0.15) is 5.75 Å². The molecule has 1 aliphatic heterocycles. The molecule has 1 aliphatic rings. The number of hydrogen-bond donors (Lipinski definition) is 2. The Morgan fingerprint density at radius 1 is 1.47 bits per heavy atom. The number of piperidine rings is 1. The van der Waals surface area contributed by atoms with Crippen molar-refractivity contribution in [3.05, 3.63) is 34.9 Å². The van der Waals surface area contributed by atoms with Gasteiger partial charge in [0.05, 0.1) is 13.3 Å². The van der Waals surface area contributed by atoms with Crippen LogP contribution in [-0.4, -0.2) is 19.8 Å². The number of ether oxygens (including phenoxy) is 1. The van der Waals surface area contributed by atoms with E-state index in [0.29, 0.717) is 0 Å². The van der Waals surface area contributed by atoms with Crippen molar-refractivity contribution in [3.8, 4) is 5.75 Å². The SMILES string of the molecule is COc1cc(/C=C2\CCCNC2N)ccc1C. The molecule has 0 saturated carbocycles. The van der Waals surface area contributed by atoms with Crippen LogP contribution in [0.2, 0.25) is 0 Å². The van der Waals surface area contributed by atoms with E-state index in [2.05, 4.69) is 29.6 Å². The van der Waals surface area contributed by atoms with Crippen molar-refractivity contribution in [1.29, 1.82) is 0 Å². The van der Waals surface area contributed by atoms with Crippen LogP contribution in [0.15, 0.2) is 23.8 Å². The van der Waals surface area contributed by atoms with Crippen molar-refractivity contribution in [1.82, 2.24) is 5.32 Å². The van der Waals surface area contributed by atoms with Gasteiger partial charge in [0.25, 0.3) is 0 Å². The summed E-state index contributed by atoms with van der Waals surface area (Å²) in [5.41, 5.74) is 9.59. The predicted octanol–water partition coefficient (Wildman–Crippen LogP) is 2.06. The normalized spacial score (nSPS) is 22.8. The Morgan fingerprint density at radius 3 is 3.00 bits per heavy atom. The minimum atomic E-state index is -0.00366. The van der Waals surface area contributed by atoms with E-state index in [1.807, 2.05) is 6.92 Å². The first-order valence-electron chi connectivity index (χ1n) is 6.05. The molecule has 0 spiro atoms. The fourth-order valence-corrected chi connectivity index (χ4v) is 2.14. The molecule has 1 aromatic carbocycles. The van der Waals surface area contributed by atoms with Gasteiger partial charge in [-0.3, -0.25) is 5.32 Å². The van der Waals surface area contributed by atoms with Crippen molar-refractivity contribution < 1.29 is 4.74 Å². The maximum absolute atomic E-state index is 6.02. The van der Waals surface area contributed by atoms with Crippen LogP contribution < -0.4 is 15.8 Å². The van der Waals surface area contributed by atoms with Gasteiger partial charge < -0.3 is 10.5 Å². The summed E-state index contributed by atoms with van der Waals surface area (Å²) in [6.07, 6.45) is 4.39. The molecule has 0 aliphatic carbocycles. The smallest absolute Gasteiger partial charge is 0.122 e. The van der Waals surface area contributed by atoms with E-state index in [1.54, 1.807) is 7.11 Å². The summed E-state index contributed by atoms with van der Waals surface area (Å²) >= 11 is 0. The Bertz CT molecular complexity index is 426. The topological polar surface area (TPSA) is 47.3 Å². The van der Waals surface area contributed by atoms with Crippen LogP contribution in [0, 0.1) is 6.92 Å². The van der Waals surface area contributed by atoms with Gasteiger partial charge >= 0.3 is 0 Å². The molecule has 3 nitrogen and oxygen atoms in total. The molecule has 1 unspecified atom stereocenters. The minimum Gasteiger partial charge on any atom is -0.496 e. The molecule has 2 rings (SSSR count). The van der Waals surface area contributed by atoms with E-state index >= 15 is 0 Å². The summed E-state index contributed by atoms with van der Waals surface area (Å²) in [4.78, 5) is 0. The van der Waals surface area contributed by atoms with Crippen molar-refractivity contribution >= 4 is 6.08 Å². The van der Waals surface area contributed by atoms with Crippen LogP contribution >= 0.6 is 0 Å². The first kappa shape index (κ1) is 12.1. The third kappa shape index (κ3) is 2.87. The number of rotatable bonds is 2. The molecule has 1 atom stereocenters. The third-order valence-corrected chi connectivity index (χ3v) is 3.19. The highest BCUT2D eigenvalue weighted by Crippen LogP contribution is 2.22. The molecule has 1 fully saturated rings. The second-order valence-corrected chi connectivity index (χ2v) is 4.48.